The molecule has 1 fully saturated rings. The molecular weight excluding hydrogens is 333 g/mol. The standard InChI is InChI=1S/C21H24FNO3/c22-19-14-17(10-11-20(19)25)15-6-8-16(9-7-15)21(26)23(12-13-24)18-4-2-1-3-5-18/h6-11,14,18,24-25H,1-5,12-13H2. The van der Waals surface area contributed by atoms with Crippen LogP contribution in [0.15, 0.2) is 42.5 Å². The molecule has 4 nitrogen and oxygen atoms in total. The third-order valence-electron chi connectivity index (χ3n) is 5.03. The van der Waals surface area contributed by atoms with Crippen molar-refractivity contribution >= 4 is 5.91 Å². The van der Waals surface area contributed by atoms with E-state index in [0.717, 1.165) is 31.2 Å². The Morgan fingerprint density at radius 1 is 1.04 bits per heavy atom. The minimum Gasteiger partial charge on any atom is -0.505 e. The second-order valence-electron chi connectivity index (χ2n) is 6.76. The lowest BCUT2D eigenvalue weighted by molar-refractivity contribution is 0.0585. The van der Waals surface area contributed by atoms with E-state index in [1.54, 1.807) is 35.2 Å². The summed E-state index contributed by atoms with van der Waals surface area (Å²) in [6.07, 6.45) is 5.40. The lowest BCUT2D eigenvalue weighted by Crippen LogP contribution is -2.43. The molecule has 0 bridgehead atoms. The van der Waals surface area contributed by atoms with E-state index in [4.69, 9.17) is 0 Å². The number of nitrogens with zero attached hydrogens (tertiary/aromatic N) is 1. The highest BCUT2D eigenvalue weighted by atomic mass is 19.1. The van der Waals surface area contributed by atoms with Crippen molar-refractivity contribution in [1.29, 1.82) is 0 Å². The van der Waals surface area contributed by atoms with Gasteiger partial charge in [-0.2, -0.15) is 0 Å². The van der Waals surface area contributed by atoms with Crippen LogP contribution in [0.4, 0.5) is 4.39 Å². The first-order valence-electron chi connectivity index (χ1n) is 9.11. The first-order chi connectivity index (χ1) is 12.6. The van der Waals surface area contributed by atoms with Gasteiger partial charge in [0.25, 0.3) is 5.91 Å². The monoisotopic (exact) mass is 357 g/mol. The summed E-state index contributed by atoms with van der Waals surface area (Å²) in [4.78, 5) is 14.7. The smallest absolute Gasteiger partial charge is 0.254 e. The van der Waals surface area contributed by atoms with Crippen molar-refractivity contribution in [2.45, 2.75) is 38.1 Å². The van der Waals surface area contributed by atoms with Gasteiger partial charge in [-0.15, -0.1) is 0 Å². The van der Waals surface area contributed by atoms with Crippen molar-refractivity contribution in [2.24, 2.45) is 0 Å². The Labute approximate surface area is 152 Å². The molecule has 0 unspecified atom stereocenters. The van der Waals surface area contributed by atoms with E-state index in [1.807, 2.05) is 0 Å². The molecule has 1 amide bonds. The molecule has 0 atom stereocenters. The number of aliphatic hydroxyl groups is 1. The van der Waals surface area contributed by atoms with E-state index in [9.17, 15) is 19.4 Å². The third-order valence-corrected chi connectivity index (χ3v) is 5.03. The Hall–Kier alpha value is -2.40. The van der Waals surface area contributed by atoms with Crippen LogP contribution in [0.25, 0.3) is 11.1 Å². The average molecular weight is 357 g/mol. The first kappa shape index (κ1) is 18.4. The van der Waals surface area contributed by atoms with Crippen LogP contribution < -0.4 is 0 Å². The summed E-state index contributed by atoms with van der Waals surface area (Å²) in [5.41, 5.74) is 1.97. The molecule has 0 spiro atoms. The molecule has 2 aromatic carbocycles. The van der Waals surface area contributed by atoms with Gasteiger partial charge >= 0.3 is 0 Å². The summed E-state index contributed by atoms with van der Waals surface area (Å²) in [5, 5.41) is 18.7. The number of amides is 1. The molecule has 1 saturated carbocycles. The van der Waals surface area contributed by atoms with Crippen LogP contribution in [0.5, 0.6) is 5.75 Å². The Balaban J connectivity index is 1.79. The topological polar surface area (TPSA) is 60.8 Å². The SMILES string of the molecule is O=C(c1ccc(-c2ccc(O)c(F)c2)cc1)N(CCO)C1CCCCC1. The predicted molar refractivity (Wildman–Crippen MR) is 98.5 cm³/mol. The molecule has 0 aliphatic heterocycles. The Bertz CT molecular complexity index is 754. The minimum atomic E-state index is -0.672. The van der Waals surface area contributed by atoms with Crippen molar-refractivity contribution in [1.82, 2.24) is 4.90 Å². The molecular formula is C21H24FNO3. The predicted octanol–water partition coefficient (Wildman–Crippen LogP) is 3.97. The third kappa shape index (κ3) is 4.05. The van der Waals surface area contributed by atoms with Crippen LogP contribution in [0.1, 0.15) is 42.5 Å². The molecule has 2 aromatic rings. The highest BCUT2D eigenvalue weighted by molar-refractivity contribution is 5.95. The fourth-order valence-corrected chi connectivity index (χ4v) is 3.61. The number of phenolic OH excluding ortho intramolecular Hbond substituents is 1. The number of hydrogen-bond donors (Lipinski definition) is 2. The Kier molecular flexibility index (Phi) is 5.89. The summed E-state index contributed by atoms with van der Waals surface area (Å²) in [7, 11) is 0. The molecule has 1 aliphatic rings. The first-order valence-corrected chi connectivity index (χ1v) is 9.11. The van der Waals surface area contributed by atoms with E-state index < -0.39 is 5.82 Å². The summed E-state index contributed by atoms with van der Waals surface area (Å²) >= 11 is 0. The normalized spacial score (nSPS) is 15.0. The van der Waals surface area contributed by atoms with E-state index in [-0.39, 0.29) is 24.3 Å². The highest BCUT2D eigenvalue weighted by Crippen LogP contribution is 2.27. The molecule has 1 aliphatic carbocycles. The number of carbonyl (C=O) groups excluding carboxylic acids is 1. The van der Waals surface area contributed by atoms with E-state index >= 15 is 0 Å². The van der Waals surface area contributed by atoms with E-state index in [1.165, 1.54) is 18.6 Å². The van der Waals surface area contributed by atoms with Crippen LogP contribution in [-0.4, -0.2) is 40.2 Å². The van der Waals surface area contributed by atoms with Gasteiger partial charge < -0.3 is 15.1 Å². The number of aromatic hydroxyl groups is 1. The quantitative estimate of drug-likeness (QED) is 0.851. The zero-order valence-corrected chi connectivity index (χ0v) is 14.7. The molecule has 0 radical (unpaired) electrons. The summed E-state index contributed by atoms with van der Waals surface area (Å²) < 4.78 is 13.5. The van der Waals surface area contributed by atoms with E-state index in [2.05, 4.69) is 0 Å². The maximum Gasteiger partial charge on any atom is 0.254 e. The Morgan fingerprint density at radius 3 is 2.31 bits per heavy atom. The van der Waals surface area contributed by atoms with Gasteiger partial charge in [-0.25, -0.2) is 4.39 Å². The van der Waals surface area contributed by atoms with E-state index in [0.29, 0.717) is 17.7 Å². The maximum atomic E-state index is 13.5. The van der Waals surface area contributed by atoms with Crippen LogP contribution in [0, 0.1) is 5.82 Å². The molecule has 2 N–H and O–H groups in total. The van der Waals surface area contributed by atoms with Crippen molar-refractivity contribution in [3.8, 4) is 16.9 Å². The van der Waals surface area contributed by atoms with Crippen molar-refractivity contribution in [3.63, 3.8) is 0 Å². The molecule has 26 heavy (non-hydrogen) atoms. The van der Waals surface area contributed by atoms with Crippen molar-refractivity contribution < 1.29 is 19.4 Å². The second kappa shape index (κ2) is 8.32. The minimum absolute atomic E-state index is 0.0485. The Morgan fingerprint density at radius 2 is 1.69 bits per heavy atom. The van der Waals surface area contributed by atoms with Gasteiger partial charge in [-0.3, -0.25) is 4.79 Å². The zero-order chi connectivity index (χ0) is 18.5. The summed E-state index contributed by atoms with van der Waals surface area (Å²) in [5.74, 6) is -1.13. The van der Waals surface area contributed by atoms with Crippen LogP contribution in [-0.2, 0) is 0 Å². The average Bonchev–Trinajstić information content (AvgIpc) is 2.68. The molecule has 138 valence electrons. The van der Waals surface area contributed by atoms with Gasteiger partial charge in [-0.05, 0) is 48.2 Å². The molecule has 0 aromatic heterocycles. The van der Waals surface area contributed by atoms with Crippen LogP contribution in [0.3, 0.4) is 0 Å². The summed E-state index contributed by atoms with van der Waals surface area (Å²) in [6, 6.07) is 11.4. The zero-order valence-electron chi connectivity index (χ0n) is 14.7. The van der Waals surface area contributed by atoms with Gasteiger partial charge in [0.15, 0.2) is 11.6 Å². The molecule has 0 saturated heterocycles. The fourth-order valence-electron chi connectivity index (χ4n) is 3.61. The second-order valence-corrected chi connectivity index (χ2v) is 6.76. The number of rotatable bonds is 5. The molecule has 0 heterocycles. The van der Waals surface area contributed by atoms with Gasteiger partial charge in [0.2, 0.25) is 0 Å². The number of carbonyl (C=O) groups is 1. The van der Waals surface area contributed by atoms with Crippen molar-refractivity contribution in [3.05, 3.63) is 53.8 Å². The molecule has 3 rings (SSSR count). The van der Waals surface area contributed by atoms with Gasteiger partial charge in [0.05, 0.1) is 6.61 Å². The van der Waals surface area contributed by atoms with Gasteiger partial charge in [0.1, 0.15) is 0 Å². The van der Waals surface area contributed by atoms with Gasteiger partial charge in [-0.1, -0.05) is 37.5 Å². The molecule has 5 heteroatoms. The number of phenols is 1. The maximum absolute atomic E-state index is 13.5. The largest absolute Gasteiger partial charge is 0.505 e. The lowest BCUT2D eigenvalue weighted by atomic mass is 9.93. The fraction of sp³-hybridized carbons (Fsp3) is 0.381. The summed E-state index contributed by atoms with van der Waals surface area (Å²) in [6.45, 7) is 0.293. The number of halogens is 1. The van der Waals surface area contributed by atoms with Gasteiger partial charge in [0, 0.05) is 18.2 Å². The number of benzene rings is 2. The highest BCUT2D eigenvalue weighted by Gasteiger charge is 2.25. The number of hydrogen-bond acceptors (Lipinski definition) is 3. The van der Waals surface area contributed by atoms with Crippen LogP contribution >= 0.6 is 0 Å². The number of aliphatic hydroxyl groups excluding tert-OH is 1. The lowest BCUT2D eigenvalue weighted by Gasteiger charge is -2.34. The van der Waals surface area contributed by atoms with Crippen molar-refractivity contribution in [2.75, 3.05) is 13.2 Å². The van der Waals surface area contributed by atoms with Crippen LogP contribution in [0.2, 0.25) is 0 Å².